The second-order valence-electron chi connectivity index (χ2n) is 7.23. The highest BCUT2D eigenvalue weighted by Crippen LogP contribution is 2.28. The third kappa shape index (κ3) is 7.78. The molecule has 0 spiro atoms. The van der Waals surface area contributed by atoms with E-state index in [0.717, 1.165) is 22.5 Å². The third-order valence-electron chi connectivity index (χ3n) is 4.66. The molecule has 4 nitrogen and oxygen atoms in total. The van der Waals surface area contributed by atoms with Crippen molar-refractivity contribution in [3.63, 3.8) is 0 Å². The minimum absolute atomic E-state index is 0.00752. The molecule has 1 amide bonds. The van der Waals surface area contributed by atoms with Crippen LogP contribution in [0.5, 0.6) is 0 Å². The standard InChI is InChI=1S/C23H29NO3S2/c1-5-16(3)28-19-9-10-20(15(2)14-19)24-23(27)13-8-18(25)7-11-21(26)22-12-6-17(4)29-22/h6,9-10,12,14,16H,5,7-8,11,13H2,1-4H3,(H,24,27). The Morgan fingerprint density at radius 3 is 2.38 bits per heavy atom. The van der Waals surface area contributed by atoms with Crippen molar-refractivity contribution in [2.24, 2.45) is 0 Å². The first-order chi connectivity index (χ1) is 13.8. The number of Topliss-reactive ketones (excluding diaryl/α,β-unsaturated/α-hetero) is 2. The lowest BCUT2D eigenvalue weighted by Gasteiger charge is -2.12. The Morgan fingerprint density at radius 2 is 1.76 bits per heavy atom. The van der Waals surface area contributed by atoms with Crippen molar-refractivity contribution >= 4 is 46.3 Å². The zero-order valence-electron chi connectivity index (χ0n) is 17.5. The number of carbonyl (C=O) groups is 3. The van der Waals surface area contributed by atoms with E-state index in [0.29, 0.717) is 10.1 Å². The average molecular weight is 432 g/mol. The van der Waals surface area contributed by atoms with Crippen molar-refractivity contribution in [1.82, 2.24) is 0 Å². The van der Waals surface area contributed by atoms with Gasteiger partial charge in [0, 0.05) is 46.4 Å². The SMILES string of the molecule is CCC(C)Sc1ccc(NC(=O)CCC(=O)CCC(=O)c2ccc(C)s2)c(C)c1. The summed E-state index contributed by atoms with van der Waals surface area (Å²) in [6.07, 6.45) is 1.78. The van der Waals surface area contributed by atoms with Crippen molar-refractivity contribution in [3.05, 3.63) is 45.6 Å². The number of rotatable bonds is 11. The number of thiophene rings is 1. The van der Waals surface area contributed by atoms with Crippen LogP contribution in [0.25, 0.3) is 0 Å². The predicted molar refractivity (Wildman–Crippen MR) is 122 cm³/mol. The number of hydrogen-bond donors (Lipinski definition) is 1. The maximum absolute atomic E-state index is 12.2. The molecule has 1 atom stereocenters. The van der Waals surface area contributed by atoms with Gasteiger partial charge in [-0.25, -0.2) is 0 Å². The molecule has 0 bridgehead atoms. The van der Waals surface area contributed by atoms with Crippen LogP contribution in [0.1, 0.15) is 66.1 Å². The van der Waals surface area contributed by atoms with E-state index in [2.05, 4.69) is 25.2 Å². The van der Waals surface area contributed by atoms with E-state index in [9.17, 15) is 14.4 Å². The molecule has 0 saturated heterocycles. The molecule has 6 heteroatoms. The van der Waals surface area contributed by atoms with Gasteiger partial charge < -0.3 is 5.32 Å². The van der Waals surface area contributed by atoms with E-state index in [1.54, 1.807) is 6.07 Å². The van der Waals surface area contributed by atoms with Crippen LogP contribution >= 0.6 is 23.1 Å². The second-order valence-corrected chi connectivity index (χ2v) is 10.0. The van der Waals surface area contributed by atoms with Crippen LogP contribution in [0.3, 0.4) is 0 Å². The van der Waals surface area contributed by atoms with E-state index in [-0.39, 0.29) is 43.2 Å². The highest BCUT2D eigenvalue weighted by Gasteiger charge is 2.13. The van der Waals surface area contributed by atoms with E-state index in [1.807, 2.05) is 43.8 Å². The fraction of sp³-hybridized carbons (Fsp3) is 0.435. The molecule has 0 aliphatic rings. The first-order valence-electron chi connectivity index (χ1n) is 9.97. The highest BCUT2D eigenvalue weighted by atomic mass is 32.2. The average Bonchev–Trinajstić information content (AvgIpc) is 3.13. The van der Waals surface area contributed by atoms with Crippen LogP contribution < -0.4 is 5.32 Å². The van der Waals surface area contributed by atoms with E-state index >= 15 is 0 Å². The first-order valence-corrected chi connectivity index (χ1v) is 11.7. The second kappa shape index (κ2) is 11.3. The molecule has 0 aliphatic heterocycles. The Morgan fingerprint density at radius 1 is 1.03 bits per heavy atom. The zero-order valence-corrected chi connectivity index (χ0v) is 19.2. The summed E-state index contributed by atoms with van der Waals surface area (Å²) in [5.41, 5.74) is 1.79. The number of carbonyl (C=O) groups excluding carboxylic acids is 3. The summed E-state index contributed by atoms with van der Waals surface area (Å²) in [7, 11) is 0. The lowest BCUT2D eigenvalue weighted by atomic mass is 10.1. The van der Waals surface area contributed by atoms with Crippen molar-refractivity contribution < 1.29 is 14.4 Å². The Kier molecular flexibility index (Phi) is 9.11. The lowest BCUT2D eigenvalue weighted by molar-refractivity contribution is -0.122. The molecule has 1 heterocycles. The van der Waals surface area contributed by atoms with E-state index in [4.69, 9.17) is 0 Å². The van der Waals surface area contributed by atoms with Gasteiger partial charge >= 0.3 is 0 Å². The Balaban J connectivity index is 1.76. The molecular weight excluding hydrogens is 402 g/mol. The van der Waals surface area contributed by atoms with Crippen LogP contribution in [-0.2, 0) is 9.59 Å². The normalized spacial score (nSPS) is 11.9. The number of thioether (sulfide) groups is 1. The van der Waals surface area contributed by atoms with Crippen molar-refractivity contribution in [2.45, 2.75) is 69.9 Å². The molecule has 2 aromatic rings. The summed E-state index contributed by atoms with van der Waals surface area (Å²) in [6.45, 7) is 8.28. The van der Waals surface area contributed by atoms with Crippen LogP contribution in [0.4, 0.5) is 5.69 Å². The fourth-order valence-corrected chi connectivity index (χ4v) is 4.57. The predicted octanol–water partition coefficient (Wildman–Crippen LogP) is 6.21. The number of ketones is 2. The number of amides is 1. The first kappa shape index (κ1) is 23.4. The van der Waals surface area contributed by atoms with Crippen LogP contribution in [0, 0.1) is 13.8 Å². The van der Waals surface area contributed by atoms with E-state index in [1.165, 1.54) is 16.2 Å². The molecule has 2 rings (SSSR count). The molecule has 29 heavy (non-hydrogen) atoms. The summed E-state index contributed by atoms with van der Waals surface area (Å²) in [6, 6.07) is 9.72. The van der Waals surface area contributed by atoms with Crippen molar-refractivity contribution in [1.29, 1.82) is 0 Å². The Hall–Kier alpha value is -1.92. The summed E-state index contributed by atoms with van der Waals surface area (Å²) in [5, 5.41) is 3.44. The van der Waals surface area contributed by atoms with Crippen molar-refractivity contribution in [3.8, 4) is 0 Å². The summed E-state index contributed by atoms with van der Waals surface area (Å²) < 4.78 is 0. The molecule has 1 aromatic heterocycles. The smallest absolute Gasteiger partial charge is 0.224 e. The maximum Gasteiger partial charge on any atom is 0.224 e. The topological polar surface area (TPSA) is 63.2 Å². The van der Waals surface area contributed by atoms with Gasteiger partial charge in [0.15, 0.2) is 5.78 Å². The van der Waals surface area contributed by atoms with Crippen LogP contribution in [0.15, 0.2) is 35.2 Å². The van der Waals surface area contributed by atoms with Crippen LogP contribution in [-0.4, -0.2) is 22.7 Å². The van der Waals surface area contributed by atoms with Gasteiger partial charge in [-0.1, -0.05) is 13.8 Å². The van der Waals surface area contributed by atoms with Gasteiger partial charge in [-0.05, 0) is 56.2 Å². The molecule has 1 unspecified atom stereocenters. The summed E-state index contributed by atoms with van der Waals surface area (Å²) in [4.78, 5) is 39.3. The third-order valence-corrected chi connectivity index (χ3v) is 6.96. The molecule has 1 aromatic carbocycles. The largest absolute Gasteiger partial charge is 0.326 e. The molecule has 156 valence electrons. The molecule has 0 saturated carbocycles. The number of aryl methyl sites for hydroxylation is 2. The molecule has 0 fully saturated rings. The minimum Gasteiger partial charge on any atom is -0.326 e. The number of hydrogen-bond acceptors (Lipinski definition) is 5. The molecule has 1 N–H and O–H groups in total. The van der Waals surface area contributed by atoms with Gasteiger partial charge in [0.05, 0.1) is 4.88 Å². The molecule has 0 radical (unpaired) electrons. The van der Waals surface area contributed by atoms with Gasteiger partial charge in [-0.2, -0.15) is 0 Å². The monoisotopic (exact) mass is 431 g/mol. The van der Waals surface area contributed by atoms with Gasteiger partial charge in [0.25, 0.3) is 0 Å². The minimum atomic E-state index is -0.177. The van der Waals surface area contributed by atoms with Crippen LogP contribution in [0.2, 0.25) is 0 Å². The zero-order chi connectivity index (χ0) is 21.4. The molecule has 0 aliphatic carbocycles. The maximum atomic E-state index is 12.2. The van der Waals surface area contributed by atoms with E-state index < -0.39 is 0 Å². The number of anilines is 1. The van der Waals surface area contributed by atoms with Crippen molar-refractivity contribution in [2.75, 3.05) is 5.32 Å². The van der Waals surface area contributed by atoms with Gasteiger partial charge in [0.2, 0.25) is 5.91 Å². The Labute approximate surface area is 181 Å². The highest BCUT2D eigenvalue weighted by molar-refractivity contribution is 7.99. The number of nitrogens with one attached hydrogen (secondary N) is 1. The quantitative estimate of drug-likeness (QED) is 0.339. The summed E-state index contributed by atoms with van der Waals surface area (Å²) in [5.74, 6) is -0.241. The van der Waals surface area contributed by atoms with Gasteiger partial charge in [0.1, 0.15) is 5.78 Å². The van der Waals surface area contributed by atoms with Gasteiger partial charge in [-0.15, -0.1) is 23.1 Å². The van der Waals surface area contributed by atoms with Gasteiger partial charge in [-0.3, -0.25) is 14.4 Å². The lowest BCUT2D eigenvalue weighted by Crippen LogP contribution is -2.14. The summed E-state index contributed by atoms with van der Waals surface area (Å²) >= 11 is 3.27. The molecular formula is C23H29NO3S2. The number of benzene rings is 1. The Bertz CT molecular complexity index is 873. The fourth-order valence-electron chi connectivity index (χ4n) is 2.72.